The van der Waals surface area contributed by atoms with Gasteiger partial charge in [0, 0.05) is 33.6 Å². The number of nitrogens with zero attached hydrogens (tertiary/aromatic N) is 3. The number of phenols is 1. The summed E-state index contributed by atoms with van der Waals surface area (Å²) in [6.45, 7) is 20.3. The molecule has 0 saturated heterocycles. The smallest absolute Gasteiger partial charge is 0.357 e. The number of nitrogens with two attached hydrogens (primary N) is 1. The summed E-state index contributed by atoms with van der Waals surface area (Å²) in [6, 6.07) is 28.7. The summed E-state index contributed by atoms with van der Waals surface area (Å²) in [7, 11) is 0. The standard InChI is InChI=1S/C13H13NO2S.C9H9NO2S.C9H7NO2.C7H6O2.C4H7BrO.C3H5N.C2H7PS2/c1-9-10(2)17-13(14-9)8-16-12-5-3-4-11(6-12)7-15;10-9(13)6-12-8-3-1-2-7(4-8)5-11;1-10-7-12-9-4-2-3-8(5-9)6-11;8-5-6-2-1-3-7(9)4-6;1-3(5)4(2)6;1-2-3-4;1-3(2,4)5/h3-7H,8H2,1-2H3;1-5H,6H2,(H2,10,13);2-6H,7H2;1-5,9H;3H,1-2H3;2H2,1H3;1-2H3,(H,4,5). The number of benzene rings is 4. The first-order valence-corrected chi connectivity index (χ1v) is 26.3. The number of phenolic OH excluding ortho intramolecular Hbond substituents is 1. The number of carbonyl (C=O) groups excluding carboxylic acids is 5. The molecule has 0 spiro atoms. The van der Waals surface area contributed by atoms with Gasteiger partial charge in [0.25, 0.3) is 0 Å². The van der Waals surface area contributed by atoms with E-state index in [0.717, 1.165) is 29.6 Å². The van der Waals surface area contributed by atoms with Crippen molar-refractivity contribution in [1.29, 1.82) is 5.26 Å². The van der Waals surface area contributed by atoms with Crippen LogP contribution in [0.25, 0.3) is 4.85 Å². The number of nitriles is 1. The van der Waals surface area contributed by atoms with Crippen LogP contribution in [0.15, 0.2) is 97.1 Å². The second kappa shape index (κ2) is 37.6. The van der Waals surface area contributed by atoms with Crippen LogP contribution in [0.5, 0.6) is 23.0 Å². The minimum atomic E-state index is -1.11. The normalized spacial score (nSPS) is 9.68. The Bertz CT molecular complexity index is 2370. The number of thiol groups is 1. The van der Waals surface area contributed by atoms with E-state index in [4.69, 9.17) is 48.7 Å². The van der Waals surface area contributed by atoms with Crippen LogP contribution >= 0.6 is 57.0 Å². The zero-order chi connectivity index (χ0) is 50.5. The molecule has 5 rings (SSSR count). The van der Waals surface area contributed by atoms with E-state index in [-0.39, 0.29) is 34.7 Å². The number of aromatic nitrogens is 1. The minimum Gasteiger partial charge on any atom is -0.508 e. The van der Waals surface area contributed by atoms with Crippen molar-refractivity contribution in [3.63, 3.8) is 0 Å². The maximum Gasteiger partial charge on any atom is 0.357 e. The highest BCUT2D eigenvalue weighted by Gasteiger charge is 2.05. The number of carbonyl (C=O) groups is 5. The molecule has 0 fully saturated rings. The molecule has 3 N–H and O–H groups in total. The molecule has 0 radical (unpaired) electrons. The molecule has 1 atom stereocenters. The summed E-state index contributed by atoms with van der Waals surface area (Å²) in [6.07, 6.45) is 3.63. The van der Waals surface area contributed by atoms with E-state index in [1.54, 1.807) is 97.1 Å². The molecule has 0 amide bonds. The number of hydrogen-bond donors (Lipinski definition) is 3. The third-order valence-corrected chi connectivity index (χ3v) is 8.63. The molecular formula is C47H54BrN4O9PS4. The fourth-order valence-electron chi connectivity index (χ4n) is 3.64. The van der Waals surface area contributed by atoms with Gasteiger partial charge in [-0.1, -0.05) is 95.4 Å². The number of aromatic hydroxyl groups is 1. The van der Waals surface area contributed by atoms with Crippen molar-refractivity contribution in [3.05, 3.63) is 146 Å². The number of ketones is 1. The number of halogens is 1. The van der Waals surface area contributed by atoms with Crippen molar-refractivity contribution >= 4 is 105 Å². The Hall–Kier alpha value is -5.59. The van der Waals surface area contributed by atoms with Crippen molar-refractivity contribution in [1.82, 2.24) is 4.98 Å². The van der Waals surface area contributed by atoms with E-state index in [2.05, 4.69) is 50.2 Å². The van der Waals surface area contributed by atoms with E-state index in [0.29, 0.717) is 58.8 Å². The lowest BCUT2D eigenvalue weighted by Crippen LogP contribution is -2.17. The molecule has 0 bridgehead atoms. The number of Topliss-reactive ketones (excluding diaryl/α,β-unsaturated/α-hetero) is 1. The van der Waals surface area contributed by atoms with E-state index >= 15 is 0 Å². The molecule has 0 aliphatic heterocycles. The molecule has 13 nitrogen and oxygen atoms in total. The molecule has 1 heterocycles. The Morgan fingerprint density at radius 1 is 0.894 bits per heavy atom. The first-order chi connectivity index (χ1) is 31.2. The van der Waals surface area contributed by atoms with Gasteiger partial charge in [-0.05, 0) is 94.8 Å². The minimum absolute atomic E-state index is 0.0116. The van der Waals surface area contributed by atoms with Crippen LogP contribution in [0.3, 0.4) is 0 Å². The van der Waals surface area contributed by atoms with Gasteiger partial charge in [-0.25, -0.2) is 11.6 Å². The van der Waals surface area contributed by atoms with E-state index < -0.39 is 5.24 Å². The van der Waals surface area contributed by atoms with Crippen LogP contribution in [-0.2, 0) is 23.2 Å². The van der Waals surface area contributed by atoms with Crippen molar-refractivity contribution < 1.29 is 43.3 Å². The fourth-order valence-corrected chi connectivity index (χ4v) is 4.54. The number of rotatable bonds is 13. The van der Waals surface area contributed by atoms with Gasteiger partial charge < -0.3 is 25.1 Å². The molecular weight excluding hydrogens is 1000 g/mol. The Balaban J connectivity index is 0. The zero-order valence-corrected chi connectivity index (χ0v) is 43.4. The number of aldehydes is 4. The summed E-state index contributed by atoms with van der Waals surface area (Å²) in [4.78, 5) is 60.4. The Labute approximate surface area is 415 Å². The van der Waals surface area contributed by atoms with Crippen molar-refractivity contribution in [2.24, 2.45) is 5.73 Å². The quantitative estimate of drug-likeness (QED) is 0.0251. The number of hydrogen-bond acceptors (Lipinski definition) is 14. The third kappa shape index (κ3) is 35.7. The number of alkyl halides is 1. The largest absolute Gasteiger partial charge is 0.508 e. The summed E-state index contributed by atoms with van der Waals surface area (Å²) in [5, 5.41) is 16.3. The second-order valence-corrected chi connectivity index (χ2v) is 25.4. The van der Waals surface area contributed by atoms with Gasteiger partial charge in [0.05, 0.1) is 16.6 Å². The highest BCUT2D eigenvalue weighted by molar-refractivity contribution is 9.10. The lowest BCUT2D eigenvalue weighted by molar-refractivity contribution is -0.116. The third-order valence-electron chi connectivity index (χ3n) is 6.82. The average molecular weight is 1060 g/mol. The number of thiazole rings is 1. The van der Waals surface area contributed by atoms with Gasteiger partial charge in [-0.2, -0.15) is 5.26 Å². The maximum absolute atomic E-state index is 10.6. The molecule has 4 aromatic carbocycles. The molecule has 19 heteroatoms. The van der Waals surface area contributed by atoms with Crippen LogP contribution in [0.2, 0.25) is 0 Å². The molecule has 5 aromatic rings. The SMILES string of the molecule is CC(=O)C(C)Br.CCC#N.CP(C)(=S)S.Cc1nc(COc2cccc(C=O)c2)sc1C.NC(=S)COc1cccc(C=O)c1.O=Cc1cccc(O)c1.[C-]#[N+]COc1cccc(C=O)c1. The summed E-state index contributed by atoms with van der Waals surface area (Å²) < 4.78 is 15.8. The average Bonchev–Trinajstić information content (AvgIpc) is 3.63. The monoisotopic (exact) mass is 1060 g/mol. The molecule has 0 aliphatic carbocycles. The molecule has 0 saturated carbocycles. The highest BCUT2D eigenvalue weighted by atomic mass is 79.9. The summed E-state index contributed by atoms with van der Waals surface area (Å²) >= 11 is 18.2. The van der Waals surface area contributed by atoms with E-state index in [1.807, 2.05) is 53.2 Å². The molecule has 66 heavy (non-hydrogen) atoms. The Morgan fingerprint density at radius 2 is 1.27 bits per heavy atom. The number of ether oxygens (including phenoxy) is 3. The van der Waals surface area contributed by atoms with Crippen LogP contribution in [0, 0.1) is 31.8 Å². The van der Waals surface area contributed by atoms with Crippen LogP contribution in [0.1, 0.15) is 84.2 Å². The Kier molecular flexibility index (Phi) is 35.6. The summed E-state index contributed by atoms with van der Waals surface area (Å²) in [5.74, 6) is 2.14. The lowest BCUT2D eigenvalue weighted by Gasteiger charge is -2.04. The number of aryl methyl sites for hydroxylation is 2. The van der Waals surface area contributed by atoms with Gasteiger partial charge in [0.1, 0.15) is 77.1 Å². The van der Waals surface area contributed by atoms with Gasteiger partial charge in [0.15, 0.2) is 0 Å². The molecule has 1 aromatic heterocycles. The lowest BCUT2D eigenvalue weighted by atomic mass is 10.2. The second-order valence-electron chi connectivity index (χ2n) is 13.0. The van der Waals surface area contributed by atoms with E-state index in [1.165, 1.54) is 17.0 Å². The Morgan fingerprint density at radius 3 is 1.58 bits per heavy atom. The summed E-state index contributed by atoms with van der Waals surface area (Å²) in [5.41, 5.74) is 8.54. The van der Waals surface area contributed by atoms with Gasteiger partial charge in [0.2, 0.25) is 0 Å². The predicted molar refractivity (Wildman–Crippen MR) is 279 cm³/mol. The van der Waals surface area contributed by atoms with Crippen LogP contribution < -0.4 is 19.9 Å². The zero-order valence-electron chi connectivity index (χ0n) is 37.6. The highest BCUT2D eigenvalue weighted by Crippen LogP contribution is 2.41. The maximum atomic E-state index is 10.6. The predicted octanol–water partition coefficient (Wildman–Crippen LogP) is 11.1. The van der Waals surface area contributed by atoms with Gasteiger partial charge in [-0.15, -0.1) is 23.6 Å². The topological polar surface area (TPSA) is 200 Å². The first-order valence-electron chi connectivity index (χ1n) is 19.3. The van der Waals surface area contributed by atoms with E-state index in [9.17, 15) is 24.0 Å². The van der Waals surface area contributed by atoms with Gasteiger partial charge in [-0.3, -0.25) is 28.8 Å². The fraction of sp³-hybridized carbons (Fsp3) is 0.255. The first kappa shape index (κ1) is 62.5. The molecule has 352 valence electrons. The molecule has 0 aliphatic rings. The van der Waals surface area contributed by atoms with Gasteiger partial charge >= 0.3 is 6.73 Å². The van der Waals surface area contributed by atoms with Crippen molar-refractivity contribution in [2.45, 2.75) is 52.5 Å². The number of thiocarbonyl (C=S) groups is 1. The van der Waals surface area contributed by atoms with Crippen molar-refractivity contribution in [3.8, 4) is 29.1 Å². The van der Waals surface area contributed by atoms with Crippen LogP contribution in [-0.4, -0.2) is 77.5 Å². The van der Waals surface area contributed by atoms with Crippen molar-refractivity contribution in [2.75, 3.05) is 26.7 Å². The molecule has 1 unspecified atom stereocenters. The van der Waals surface area contributed by atoms with Crippen LogP contribution in [0.4, 0.5) is 0 Å².